The lowest BCUT2D eigenvalue weighted by atomic mass is 9.95. The zero-order chi connectivity index (χ0) is 15.8. The number of rotatable bonds is 4. The molecule has 0 spiro atoms. The molecule has 1 aromatic heterocycles. The van der Waals surface area contributed by atoms with Gasteiger partial charge in [-0.3, -0.25) is 0 Å². The monoisotopic (exact) mass is 306 g/mol. The van der Waals surface area contributed by atoms with Crippen molar-refractivity contribution in [3.05, 3.63) is 77.1 Å². The second-order valence-corrected chi connectivity index (χ2v) is 5.77. The van der Waals surface area contributed by atoms with E-state index in [0.717, 1.165) is 16.8 Å². The second-order valence-electron chi connectivity index (χ2n) is 5.77. The van der Waals surface area contributed by atoms with Gasteiger partial charge in [0.2, 0.25) is 0 Å². The Balaban J connectivity index is 1.67. The summed E-state index contributed by atoms with van der Waals surface area (Å²) in [6.45, 7) is 0. The minimum atomic E-state index is -0.658. The van der Waals surface area contributed by atoms with Gasteiger partial charge < -0.3 is 9.67 Å². The molecule has 0 aliphatic carbocycles. The standard InChI is InChI=1S/C18H15N3O2/c22-18(12-4-3-5-13(8-12)20-23)9-16-14-6-1-2-7-15(14)17-10-19-11-21(16)17/h1-8,10-11,16,18,22H,9H2/p+1. The van der Waals surface area contributed by atoms with Crippen LogP contribution in [0.5, 0.6) is 0 Å². The highest BCUT2D eigenvalue weighted by Crippen LogP contribution is 2.42. The molecule has 0 amide bonds. The summed E-state index contributed by atoms with van der Waals surface area (Å²) in [5.41, 5.74) is 4.63. The van der Waals surface area contributed by atoms with E-state index in [1.807, 2.05) is 35.9 Å². The van der Waals surface area contributed by atoms with E-state index in [1.54, 1.807) is 18.2 Å². The first-order valence-corrected chi connectivity index (χ1v) is 7.55. The maximum absolute atomic E-state index is 10.8. The van der Waals surface area contributed by atoms with Gasteiger partial charge in [0.1, 0.15) is 0 Å². The van der Waals surface area contributed by atoms with Crippen LogP contribution >= 0.6 is 0 Å². The van der Waals surface area contributed by atoms with Crippen molar-refractivity contribution >= 4 is 5.69 Å². The Bertz CT molecular complexity index is 872. The summed E-state index contributed by atoms with van der Waals surface area (Å²) in [7, 11) is 0. The molecular formula is C18H16N3O2+. The number of imidazole rings is 1. The summed E-state index contributed by atoms with van der Waals surface area (Å²) in [6, 6.07) is 15.2. The number of aliphatic hydroxyl groups is 1. The number of nitrogens with one attached hydrogen (secondary N) is 1. The van der Waals surface area contributed by atoms with Crippen molar-refractivity contribution in [1.82, 2.24) is 9.55 Å². The number of hydrogen-bond acceptors (Lipinski definition) is 3. The van der Waals surface area contributed by atoms with E-state index in [0.29, 0.717) is 12.1 Å². The van der Waals surface area contributed by atoms with Crippen LogP contribution < -0.4 is 5.18 Å². The molecule has 23 heavy (non-hydrogen) atoms. The zero-order valence-corrected chi connectivity index (χ0v) is 12.4. The lowest BCUT2D eigenvalue weighted by Crippen LogP contribution is -2.55. The van der Waals surface area contributed by atoms with Crippen molar-refractivity contribution in [3.8, 4) is 11.3 Å². The lowest BCUT2D eigenvalue weighted by molar-refractivity contribution is -0.379. The van der Waals surface area contributed by atoms with Gasteiger partial charge in [0, 0.05) is 34.2 Å². The molecule has 2 N–H and O–H groups in total. The Hall–Kier alpha value is -2.79. The van der Waals surface area contributed by atoms with Crippen LogP contribution in [0.3, 0.4) is 0 Å². The first-order valence-electron chi connectivity index (χ1n) is 7.55. The lowest BCUT2D eigenvalue weighted by Gasteiger charge is -2.19. The van der Waals surface area contributed by atoms with E-state index in [9.17, 15) is 10.0 Å². The van der Waals surface area contributed by atoms with E-state index in [2.05, 4.69) is 21.7 Å². The largest absolute Gasteiger partial charge is 0.388 e. The third kappa shape index (κ3) is 2.26. The van der Waals surface area contributed by atoms with E-state index < -0.39 is 6.10 Å². The van der Waals surface area contributed by atoms with Gasteiger partial charge in [-0.2, -0.15) is 0 Å². The molecule has 0 bridgehead atoms. The summed E-state index contributed by atoms with van der Waals surface area (Å²) >= 11 is 0. The molecule has 114 valence electrons. The van der Waals surface area contributed by atoms with Gasteiger partial charge in [-0.05, 0) is 11.1 Å². The number of nitroso groups, excluding NO2 is 1. The first-order chi connectivity index (χ1) is 11.3. The number of benzene rings is 2. The average molecular weight is 306 g/mol. The molecule has 0 saturated carbocycles. The predicted molar refractivity (Wildman–Crippen MR) is 85.8 cm³/mol. The Kier molecular flexibility index (Phi) is 3.28. The van der Waals surface area contributed by atoms with Crippen molar-refractivity contribution < 1.29 is 10.3 Å². The Morgan fingerprint density at radius 3 is 2.96 bits per heavy atom. The van der Waals surface area contributed by atoms with Crippen LogP contribution in [0.25, 0.3) is 11.3 Å². The van der Waals surface area contributed by atoms with Gasteiger partial charge in [0.15, 0.2) is 0 Å². The second kappa shape index (κ2) is 5.44. The van der Waals surface area contributed by atoms with E-state index in [4.69, 9.17) is 0 Å². The van der Waals surface area contributed by atoms with E-state index in [-0.39, 0.29) is 6.04 Å². The van der Waals surface area contributed by atoms with Crippen molar-refractivity contribution in [2.75, 3.05) is 0 Å². The molecule has 0 fully saturated rings. The van der Waals surface area contributed by atoms with Crippen LogP contribution in [-0.2, 0) is 0 Å². The fourth-order valence-electron chi connectivity index (χ4n) is 3.33. The van der Waals surface area contributed by atoms with Gasteiger partial charge in [0.05, 0.1) is 30.4 Å². The van der Waals surface area contributed by atoms with Crippen LogP contribution in [0.4, 0.5) is 5.69 Å². The summed E-state index contributed by atoms with van der Waals surface area (Å²) in [5, 5.41) is 12.5. The highest BCUT2D eigenvalue weighted by atomic mass is 16.3. The molecule has 0 saturated heterocycles. The summed E-state index contributed by atoms with van der Waals surface area (Å²) in [4.78, 5) is 15.0. The molecule has 1 aliphatic heterocycles. The smallest absolute Gasteiger partial charge is 0.253 e. The van der Waals surface area contributed by atoms with E-state index >= 15 is 0 Å². The van der Waals surface area contributed by atoms with Crippen molar-refractivity contribution in [1.29, 1.82) is 0 Å². The minimum absolute atomic E-state index is 0.0440. The Labute approximate surface area is 133 Å². The molecule has 3 aromatic rings. The van der Waals surface area contributed by atoms with Gasteiger partial charge >= 0.3 is 0 Å². The fraction of sp³-hybridized carbons (Fsp3) is 0.167. The molecule has 2 atom stereocenters. The molecule has 4 rings (SSSR count). The minimum Gasteiger partial charge on any atom is -0.388 e. The van der Waals surface area contributed by atoms with Crippen LogP contribution in [0.2, 0.25) is 0 Å². The molecule has 2 heterocycles. The van der Waals surface area contributed by atoms with Crippen molar-refractivity contribution in [2.24, 2.45) is 0 Å². The zero-order valence-electron chi connectivity index (χ0n) is 12.4. The maximum atomic E-state index is 10.8. The summed E-state index contributed by atoms with van der Waals surface area (Å²) < 4.78 is 2.10. The maximum Gasteiger partial charge on any atom is 0.253 e. The van der Waals surface area contributed by atoms with Crippen LogP contribution in [0.15, 0.2) is 61.1 Å². The normalized spacial score (nSPS) is 16.7. The predicted octanol–water partition coefficient (Wildman–Crippen LogP) is 2.06. The van der Waals surface area contributed by atoms with Gasteiger partial charge in [-0.15, -0.1) is 0 Å². The van der Waals surface area contributed by atoms with Crippen molar-refractivity contribution in [2.45, 2.75) is 18.6 Å². The van der Waals surface area contributed by atoms with E-state index in [1.165, 1.54) is 5.56 Å². The number of fused-ring (bicyclic) bond motifs is 3. The first kappa shape index (κ1) is 13.8. The van der Waals surface area contributed by atoms with Gasteiger partial charge in [-0.25, -0.2) is 4.98 Å². The topological polar surface area (TPSA) is 69.1 Å². The number of hydrogen-bond donors (Lipinski definition) is 2. The number of aliphatic hydroxyl groups excluding tert-OH is 1. The number of nitrogens with zero attached hydrogens (tertiary/aromatic N) is 2. The molecule has 1 aliphatic rings. The van der Waals surface area contributed by atoms with Crippen LogP contribution in [0.1, 0.15) is 29.7 Å². The number of aromatic nitrogens is 2. The highest BCUT2D eigenvalue weighted by Gasteiger charge is 2.30. The SMILES string of the molecule is O=[NH+]c1cccc(C(O)CC2c3ccccc3-c3cncn32)c1. The Morgan fingerprint density at radius 2 is 2.09 bits per heavy atom. The molecule has 5 nitrogen and oxygen atoms in total. The average Bonchev–Trinajstić information content (AvgIpc) is 3.18. The molecule has 2 aromatic carbocycles. The summed E-state index contributed by atoms with van der Waals surface area (Å²) in [5.74, 6) is 0. The summed E-state index contributed by atoms with van der Waals surface area (Å²) in [6.07, 6.45) is 3.53. The molecular weight excluding hydrogens is 290 g/mol. The highest BCUT2D eigenvalue weighted by molar-refractivity contribution is 5.68. The quantitative estimate of drug-likeness (QED) is 0.775. The van der Waals surface area contributed by atoms with Crippen LogP contribution in [0, 0.1) is 4.91 Å². The fourth-order valence-corrected chi connectivity index (χ4v) is 3.33. The molecule has 2 unspecified atom stereocenters. The van der Waals surface area contributed by atoms with Gasteiger partial charge in [0.25, 0.3) is 5.69 Å². The van der Waals surface area contributed by atoms with Crippen molar-refractivity contribution in [3.63, 3.8) is 0 Å². The van der Waals surface area contributed by atoms with Gasteiger partial charge in [-0.1, -0.05) is 36.4 Å². The third-order valence-corrected chi connectivity index (χ3v) is 4.43. The molecule has 5 heteroatoms. The molecule has 0 radical (unpaired) electrons. The third-order valence-electron chi connectivity index (χ3n) is 4.43. The Morgan fingerprint density at radius 1 is 1.22 bits per heavy atom. The van der Waals surface area contributed by atoms with Crippen LogP contribution in [-0.4, -0.2) is 14.7 Å².